The second-order valence-electron chi connectivity index (χ2n) is 3.11. The third-order valence-corrected chi connectivity index (χ3v) is 1.94. The molecule has 0 aromatic carbocycles. The molecule has 14 heavy (non-hydrogen) atoms. The van der Waals surface area contributed by atoms with Gasteiger partial charge in [-0.05, 0) is 13.3 Å². The molecule has 1 amide bonds. The van der Waals surface area contributed by atoms with E-state index in [0.717, 1.165) is 6.42 Å². The molecule has 1 rings (SSSR count). The molecule has 0 saturated heterocycles. The Kier molecular flexibility index (Phi) is 3.64. The molecular weight excluding hydrogens is 182 g/mol. The summed E-state index contributed by atoms with van der Waals surface area (Å²) in [6.07, 6.45) is 2.27. The number of carbonyl (C=O) groups excluding carboxylic acids is 1. The largest absolute Gasteiger partial charge is 0.434 e. The van der Waals surface area contributed by atoms with Gasteiger partial charge in [0.05, 0.1) is 12.7 Å². The fourth-order valence-electron chi connectivity index (χ4n) is 0.907. The zero-order valence-corrected chi connectivity index (χ0v) is 8.41. The standard InChI is InChI=1S/C9H15N3O2/c1-3-6(2)12-9(13)7-5-11-8(4-10)14-7/h5-6H,3-4,10H2,1-2H3,(H,12,13). The van der Waals surface area contributed by atoms with Gasteiger partial charge in [0.25, 0.3) is 5.91 Å². The van der Waals surface area contributed by atoms with Crippen LogP contribution in [0.15, 0.2) is 10.6 Å². The average molecular weight is 197 g/mol. The van der Waals surface area contributed by atoms with Crippen molar-refractivity contribution in [3.05, 3.63) is 17.8 Å². The van der Waals surface area contributed by atoms with E-state index < -0.39 is 0 Å². The number of carbonyl (C=O) groups is 1. The summed E-state index contributed by atoms with van der Waals surface area (Å²) in [4.78, 5) is 15.3. The molecule has 1 aromatic heterocycles. The molecule has 1 unspecified atom stereocenters. The monoisotopic (exact) mass is 197 g/mol. The van der Waals surface area contributed by atoms with Crippen LogP contribution in [0.2, 0.25) is 0 Å². The van der Waals surface area contributed by atoms with Crippen molar-refractivity contribution in [2.75, 3.05) is 0 Å². The molecule has 0 spiro atoms. The summed E-state index contributed by atoms with van der Waals surface area (Å²) in [7, 11) is 0. The number of aromatic nitrogens is 1. The van der Waals surface area contributed by atoms with Crippen molar-refractivity contribution in [3.8, 4) is 0 Å². The predicted molar refractivity (Wildman–Crippen MR) is 51.6 cm³/mol. The molecule has 1 atom stereocenters. The maximum Gasteiger partial charge on any atom is 0.288 e. The minimum absolute atomic E-state index is 0.133. The van der Waals surface area contributed by atoms with E-state index in [1.54, 1.807) is 0 Å². The molecule has 1 aromatic rings. The van der Waals surface area contributed by atoms with Gasteiger partial charge in [0.2, 0.25) is 11.7 Å². The SMILES string of the molecule is CCC(C)NC(=O)c1cnc(CN)o1. The Morgan fingerprint density at radius 2 is 2.50 bits per heavy atom. The van der Waals surface area contributed by atoms with E-state index in [0.29, 0.717) is 5.89 Å². The van der Waals surface area contributed by atoms with Crippen molar-refractivity contribution in [3.63, 3.8) is 0 Å². The van der Waals surface area contributed by atoms with E-state index in [-0.39, 0.29) is 24.3 Å². The first-order chi connectivity index (χ1) is 6.67. The molecule has 5 nitrogen and oxygen atoms in total. The summed E-state index contributed by atoms with van der Waals surface area (Å²) in [6.45, 7) is 4.13. The number of hydrogen-bond donors (Lipinski definition) is 2. The second-order valence-corrected chi connectivity index (χ2v) is 3.11. The quantitative estimate of drug-likeness (QED) is 0.743. The van der Waals surface area contributed by atoms with Crippen LogP contribution in [0.25, 0.3) is 0 Å². The Labute approximate surface area is 82.7 Å². The fraction of sp³-hybridized carbons (Fsp3) is 0.556. The molecular formula is C9H15N3O2. The zero-order valence-electron chi connectivity index (χ0n) is 8.41. The third kappa shape index (κ3) is 2.56. The van der Waals surface area contributed by atoms with Crippen molar-refractivity contribution in [2.45, 2.75) is 32.9 Å². The van der Waals surface area contributed by atoms with Gasteiger partial charge in [0, 0.05) is 6.04 Å². The summed E-state index contributed by atoms with van der Waals surface area (Å²) in [5.74, 6) is 0.344. The van der Waals surface area contributed by atoms with Gasteiger partial charge < -0.3 is 15.5 Å². The molecule has 0 fully saturated rings. The normalized spacial score (nSPS) is 12.5. The van der Waals surface area contributed by atoms with Crippen LogP contribution in [0.5, 0.6) is 0 Å². The van der Waals surface area contributed by atoms with Gasteiger partial charge in [-0.3, -0.25) is 4.79 Å². The zero-order chi connectivity index (χ0) is 10.6. The summed E-state index contributed by atoms with van der Waals surface area (Å²) in [6, 6.07) is 0.133. The Morgan fingerprint density at radius 1 is 1.79 bits per heavy atom. The predicted octanol–water partition coefficient (Wildman–Crippen LogP) is 0.662. The van der Waals surface area contributed by atoms with E-state index in [2.05, 4.69) is 10.3 Å². The fourth-order valence-corrected chi connectivity index (χ4v) is 0.907. The van der Waals surface area contributed by atoms with Crippen LogP contribution in [-0.4, -0.2) is 16.9 Å². The first-order valence-electron chi connectivity index (χ1n) is 4.63. The topological polar surface area (TPSA) is 81.2 Å². The summed E-state index contributed by atoms with van der Waals surface area (Å²) in [5, 5.41) is 2.77. The summed E-state index contributed by atoms with van der Waals surface area (Å²) < 4.78 is 5.09. The van der Waals surface area contributed by atoms with Crippen LogP contribution in [0.4, 0.5) is 0 Å². The van der Waals surface area contributed by atoms with Gasteiger partial charge in [-0.1, -0.05) is 6.92 Å². The Balaban J connectivity index is 2.60. The lowest BCUT2D eigenvalue weighted by molar-refractivity contribution is 0.0909. The summed E-state index contributed by atoms with van der Waals surface area (Å²) >= 11 is 0. The van der Waals surface area contributed by atoms with Crippen molar-refractivity contribution in [1.82, 2.24) is 10.3 Å². The third-order valence-electron chi connectivity index (χ3n) is 1.94. The van der Waals surface area contributed by atoms with Crippen molar-refractivity contribution in [2.24, 2.45) is 5.73 Å². The molecule has 1 heterocycles. The molecule has 3 N–H and O–H groups in total. The Bertz CT molecular complexity index is 309. The van der Waals surface area contributed by atoms with E-state index >= 15 is 0 Å². The van der Waals surface area contributed by atoms with E-state index in [1.807, 2.05) is 13.8 Å². The van der Waals surface area contributed by atoms with Crippen molar-refractivity contribution in [1.29, 1.82) is 0 Å². The lowest BCUT2D eigenvalue weighted by atomic mass is 10.2. The first-order valence-corrected chi connectivity index (χ1v) is 4.63. The second kappa shape index (κ2) is 4.76. The number of nitrogens with zero attached hydrogens (tertiary/aromatic N) is 1. The number of oxazole rings is 1. The lowest BCUT2D eigenvalue weighted by Gasteiger charge is -2.08. The molecule has 0 bridgehead atoms. The molecule has 0 radical (unpaired) electrons. The van der Waals surface area contributed by atoms with Gasteiger partial charge in [0.15, 0.2) is 0 Å². The number of hydrogen-bond acceptors (Lipinski definition) is 4. The van der Waals surface area contributed by atoms with Crippen LogP contribution in [-0.2, 0) is 6.54 Å². The highest BCUT2D eigenvalue weighted by molar-refractivity contribution is 5.91. The highest BCUT2D eigenvalue weighted by Crippen LogP contribution is 2.03. The van der Waals surface area contributed by atoms with Crippen LogP contribution in [0.1, 0.15) is 36.7 Å². The number of nitrogens with two attached hydrogens (primary N) is 1. The van der Waals surface area contributed by atoms with Crippen LogP contribution >= 0.6 is 0 Å². The minimum Gasteiger partial charge on any atom is -0.434 e. The summed E-state index contributed by atoms with van der Waals surface area (Å²) in [5.41, 5.74) is 5.30. The number of nitrogens with one attached hydrogen (secondary N) is 1. The van der Waals surface area contributed by atoms with Crippen molar-refractivity contribution >= 4 is 5.91 Å². The first kappa shape index (κ1) is 10.7. The molecule has 5 heteroatoms. The van der Waals surface area contributed by atoms with E-state index in [9.17, 15) is 4.79 Å². The Morgan fingerprint density at radius 3 is 3.00 bits per heavy atom. The van der Waals surface area contributed by atoms with Gasteiger partial charge in [-0.25, -0.2) is 4.98 Å². The number of rotatable bonds is 4. The van der Waals surface area contributed by atoms with Gasteiger partial charge >= 0.3 is 0 Å². The van der Waals surface area contributed by atoms with E-state index in [1.165, 1.54) is 6.20 Å². The smallest absolute Gasteiger partial charge is 0.288 e. The minimum atomic E-state index is -0.244. The highest BCUT2D eigenvalue weighted by Gasteiger charge is 2.13. The molecule has 0 aliphatic rings. The van der Waals surface area contributed by atoms with E-state index in [4.69, 9.17) is 10.2 Å². The van der Waals surface area contributed by atoms with Gasteiger partial charge in [-0.15, -0.1) is 0 Å². The Hall–Kier alpha value is -1.36. The van der Waals surface area contributed by atoms with Gasteiger partial charge in [-0.2, -0.15) is 0 Å². The maximum absolute atomic E-state index is 11.5. The molecule has 0 saturated carbocycles. The van der Waals surface area contributed by atoms with Crippen LogP contribution in [0, 0.1) is 0 Å². The van der Waals surface area contributed by atoms with Crippen LogP contribution < -0.4 is 11.1 Å². The molecule has 0 aliphatic carbocycles. The molecule has 0 aliphatic heterocycles. The van der Waals surface area contributed by atoms with Crippen LogP contribution in [0.3, 0.4) is 0 Å². The van der Waals surface area contributed by atoms with Crippen molar-refractivity contribution < 1.29 is 9.21 Å². The lowest BCUT2D eigenvalue weighted by Crippen LogP contribution is -2.31. The van der Waals surface area contributed by atoms with Gasteiger partial charge in [0.1, 0.15) is 0 Å². The maximum atomic E-state index is 11.5. The highest BCUT2D eigenvalue weighted by atomic mass is 16.4. The number of amides is 1. The average Bonchev–Trinajstić information content (AvgIpc) is 2.65. The molecule has 78 valence electrons.